The van der Waals surface area contributed by atoms with E-state index in [-0.39, 0.29) is 23.1 Å². The standard InChI is InChI=1S/2C5H10N.Mg/c2*1-2-4-6-5-3-1;/h2*1-5H2;/q2*-1;+2. The Morgan fingerprint density at radius 3 is 0.846 bits per heavy atom. The number of hydrogen-bond donors (Lipinski definition) is 0. The van der Waals surface area contributed by atoms with E-state index in [4.69, 9.17) is 0 Å². The third-order valence-electron chi connectivity index (χ3n) is 2.26. The van der Waals surface area contributed by atoms with Crippen LogP contribution in [0.3, 0.4) is 0 Å². The van der Waals surface area contributed by atoms with Crippen LogP contribution in [0.25, 0.3) is 10.6 Å². The SMILES string of the molecule is C1CC[N-]CC1.C1CC[N-]CC1.[Mg+2]. The van der Waals surface area contributed by atoms with Gasteiger partial charge in [0.15, 0.2) is 0 Å². The van der Waals surface area contributed by atoms with Gasteiger partial charge >= 0.3 is 23.1 Å². The van der Waals surface area contributed by atoms with Gasteiger partial charge in [0.1, 0.15) is 0 Å². The van der Waals surface area contributed by atoms with Crippen molar-refractivity contribution in [3.63, 3.8) is 0 Å². The molecule has 0 amide bonds. The molecular weight excluding hydrogens is 172 g/mol. The number of rotatable bonds is 0. The fraction of sp³-hybridized carbons (Fsp3) is 1.00. The Balaban J connectivity index is 0.000000206. The van der Waals surface area contributed by atoms with E-state index in [1.165, 1.54) is 38.5 Å². The molecule has 2 heterocycles. The molecule has 3 heteroatoms. The normalized spacial score (nSPS) is 22.2. The molecule has 0 aromatic carbocycles. The van der Waals surface area contributed by atoms with Gasteiger partial charge in [-0.1, -0.05) is 38.5 Å². The summed E-state index contributed by atoms with van der Waals surface area (Å²) in [5, 5.41) is 8.35. The molecule has 13 heavy (non-hydrogen) atoms. The minimum Gasteiger partial charge on any atom is -0.662 e. The number of nitrogens with zero attached hydrogens (tertiary/aromatic N) is 2. The Bertz CT molecular complexity index is 55.9. The molecule has 0 unspecified atom stereocenters. The van der Waals surface area contributed by atoms with Crippen molar-refractivity contribution >= 4 is 23.1 Å². The van der Waals surface area contributed by atoms with Gasteiger partial charge < -0.3 is 10.6 Å². The molecule has 0 aromatic rings. The average molecular weight is 193 g/mol. The van der Waals surface area contributed by atoms with Gasteiger partial charge in [0.25, 0.3) is 0 Å². The van der Waals surface area contributed by atoms with Gasteiger partial charge in [-0.2, -0.15) is 0 Å². The minimum absolute atomic E-state index is 0. The Morgan fingerprint density at radius 1 is 0.462 bits per heavy atom. The van der Waals surface area contributed by atoms with Gasteiger partial charge in [-0.25, -0.2) is 0 Å². The van der Waals surface area contributed by atoms with Crippen LogP contribution in [0.4, 0.5) is 0 Å². The molecule has 2 fully saturated rings. The van der Waals surface area contributed by atoms with E-state index < -0.39 is 0 Å². The van der Waals surface area contributed by atoms with Crippen LogP contribution in [0.2, 0.25) is 0 Å². The molecule has 0 aliphatic carbocycles. The monoisotopic (exact) mass is 192 g/mol. The van der Waals surface area contributed by atoms with Gasteiger partial charge in [0.05, 0.1) is 0 Å². The summed E-state index contributed by atoms with van der Waals surface area (Å²) in [6.07, 6.45) is 8.15. The zero-order chi connectivity index (χ0) is 8.49. The van der Waals surface area contributed by atoms with Crippen molar-refractivity contribution in [1.29, 1.82) is 0 Å². The molecule has 2 aliphatic heterocycles. The summed E-state index contributed by atoms with van der Waals surface area (Å²) in [6, 6.07) is 0. The summed E-state index contributed by atoms with van der Waals surface area (Å²) in [4.78, 5) is 0. The topological polar surface area (TPSA) is 28.2 Å². The third-order valence-corrected chi connectivity index (χ3v) is 2.26. The van der Waals surface area contributed by atoms with Crippen LogP contribution in [0.15, 0.2) is 0 Å². The van der Waals surface area contributed by atoms with Crippen LogP contribution in [0.1, 0.15) is 38.5 Å². The second-order valence-corrected chi connectivity index (χ2v) is 3.46. The first-order valence-electron chi connectivity index (χ1n) is 5.26. The first-order chi connectivity index (χ1) is 6.00. The minimum atomic E-state index is 0. The average Bonchev–Trinajstić information content (AvgIpc) is 2.24. The van der Waals surface area contributed by atoms with E-state index in [0.717, 1.165) is 26.2 Å². The largest absolute Gasteiger partial charge is 2.00 e. The van der Waals surface area contributed by atoms with E-state index >= 15 is 0 Å². The Hall–Kier alpha value is 0.686. The van der Waals surface area contributed by atoms with Gasteiger partial charge in [0, 0.05) is 0 Å². The number of piperidine rings is 2. The van der Waals surface area contributed by atoms with E-state index in [2.05, 4.69) is 10.6 Å². The molecule has 2 saturated heterocycles. The van der Waals surface area contributed by atoms with E-state index in [1.807, 2.05) is 0 Å². The van der Waals surface area contributed by atoms with Crippen molar-refractivity contribution in [1.82, 2.24) is 0 Å². The molecule has 2 rings (SSSR count). The molecule has 0 aromatic heterocycles. The van der Waals surface area contributed by atoms with Crippen molar-refractivity contribution in [3.05, 3.63) is 10.6 Å². The van der Waals surface area contributed by atoms with Crippen molar-refractivity contribution in [2.45, 2.75) is 38.5 Å². The summed E-state index contributed by atoms with van der Waals surface area (Å²) < 4.78 is 0. The molecule has 2 aliphatic rings. The third kappa shape index (κ3) is 9.00. The fourth-order valence-electron chi connectivity index (χ4n) is 1.47. The van der Waals surface area contributed by atoms with E-state index in [9.17, 15) is 0 Å². The molecule has 0 atom stereocenters. The zero-order valence-corrected chi connectivity index (χ0v) is 10.1. The smallest absolute Gasteiger partial charge is 0.662 e. The maximum atomic E-state index is 4.18. The van der Waals surface area contributed by atoms with Gasteiger partial charge in [-0.05, 0) is 0 Å². The van der Waals surface area contributed by atoms with Crippen molar-refractivity contribution < 1.29 is 0 Å². The molecule has 2 nitrogen and oxygen atoms in total. The predicted molar refractivity (Wildman–Crippen MR) is 59.6 cm³/mol. The first-order valence-corrected chi connectivity index (χ1v) is 5.26. The second kappa shape index (κ2) is 10.8. The van der Waals surface area contributed by atoms with Crippen LogP contribution in [0.5, 0.6) is 0 Å². The van der Waals surface area contributed by atoms with Gasteiger partial charge in [-0.3, -0.25) is 0 Å². The molecule has 0 N–H and O–H groups in total. The maximum Gasteiger partial charge on any atom is 2.00 e. The van der Waals surface area contributed by atoms with Gasteiger partial charge in [0.2, 0.25) is 0 Å². The maximum absolute atomic E-state index is 4.18. The molecule has 0 radical (unpaired) electrons. The first kappa shape index (κ1) is 13.7. The van der Waals surface area contributed by atoms with Crippen LogP contribution in [-0.2, 0) is 0 Å². The zero-order valence-electron chi connectivity index (χ0n) is 8.67. The van der Waals surface area contributed by atoms with Gasteiger partial charge in [-0.15, -0.1) is 26.2 Å². The summed E-state index contributed by atoms with van der Waals surface area (Å²) in [6.45, 7) is 4.50. The summed E-state index contributed by atoms with van der Waals surface area (Å²) in [5.41, 5.74) is 0. The summed E-state index contributed by atoms with van der Waals surface area (Å²) in [5.74, 6) is 0. The Kier molecular flexibility index (Phi) is 11.3. The van der Waals surface area contributed by atoms with Crippen molar-refractivity contribution in [2.24, 2.45) is 0 Å². The fourth-order valence-corrected chi connectivity index (χ4v) is 1.47. The van der Waals surface area contributed by atoms with Crippen LogP contribution in [0, 0.1) is 0 Å². The summed E-state index contributed by atoms with van der Waals surface area (Å²) in [7, 11) is 0. The van der Waals surface area contributed by atoms with Crippen LogP contribution >= 0.6 is 0 Å². The molecule has 0 spiro atoms. The number of hydrogen-bond acceptors (Lipinski definition) is 0. The van der Waals surface area contributed by atoms with Crippen molar-refractivity contribution in [3.8, 4) is 0 Å². The Morgan fingerprint density at radius 2 is 0.769 bits per heavy atom. The molecule has 0 bridgehead atoms. The second-order valence-electron chi connectivity index (χ2n) is 3.46. The molecule has 0 saturated carbocycles. The van der Waals surface area contributed by atoms with Crippen molar-refractivity contribution in [2.75, 3.05) is 26.2 Å². The van der Waals surface area contributed by atoms with Crippen LogP contribution < -0.4 is 0 Å². The van der Waals surface area contributed by atoms with E-state index in [1.54, 1.807) is 0 Å². The summed E-state index contributed by atoms with van der Waals surface area (Å²) >= 11 is 0. The van der Waals surface area contributed by atoms with E-state index in [0.29, 0.717) is 0 Å². The predicted octanol–water partition coefficient (Wildman–Crippen LogP) is 2.71. The Labute approximate surface area is 98.4 Å². The van der Waals surface area contributed by atoms with Crippen LogP contribution in [-0.4, -0.2) is 49.2 Å². The quantitative estimate of drug-likeness (QED) is 0.528. The molecular formula is C10H20MgN2. The molecule has 72 valence electrons.